The number of anilines is 2. The van der Waals surface area contributed by atoms with Gasteiger partial charge in [0.15, 0.2) is 0 Å². The molecule has 1 heterocycles. The molecule has 1 aromatic carbocycles. The first-order valence-corrected chi connectivity index (χ1v) is 5.87. The van der Waals surface area contributed by atoms with Crippen LogP contribution in [0.1, 0.15) is 13.3 Å². The van der Waals surface area contributed by atoms with Gasteiger partial charge in [0.05, 0.1) is 17.3 Å². The molecule has 0 spiro atoms. The van der Waals surface area contributed by atoms with Gasteiger partial charge in [-0.3, -0.25) is 9.78 Å². The lowest BCUT2D eigenvalue weighted by Gasteiger charge is -2.16. The van der Waals surface area contributed by atoms with Crippen molar-refractivity contribution < 1.29 is 13.2 Å². The third-order valence-electron chi connectivity index (χ3n) is 2.65. The van der Waals surface area contributed by atoms with Gasteiger partial charge in [0, 0.05) is 11.7 Å². The number of H-pyrrole nitrogens is 1. The smallest absolute Gasteiger partial charge is 0.391 e. The molecule has 0 aliphatic heterocycles. The van der Waals surface area contributed by atoms with Crippen molar-refractivity contribution in [3.8, 4) is 0 Å². The summed E-state index contributed by atoms with van der Waals surface area (Å²) in [7, 11) is 0. The quantitative estimate of drug-likeness (QED) is 0.756. The molecule has 0 saturated heterocycles. The van der Waals surface area contributed by atoms with E-state index in [9.17, 15) is 18.0 Å². The summed E-state index contributed by atoms with van der Waals surface area (Å²) in [6.45, 7) is 1.36. The molecule has 108 valence electrons. The summed E-state index contributed by atoms with van der Waals surface area (Å²) < 4.78 is 36.7. The van der Waals surface area contributed by atoms with Gasteiger partial charge in [0.1, 0.15) is 0 Å². The highest BCUT2D eigenvalue weighted by Gasteiger charge is 2.30. The van der Waals surface area contributed by atoms with Crippen molar-refractivity contribution in [2.75, 3.05) is 11.1 Å². The zero-order valence-corrected chi connectivity index (χ0v) is 10.6. The van der Waals surface area contributed by atoms with Crippen LogP contribution >= 0.6 is 0 Å². The van der Waals surface area contributed by atoms with Crippen molar-refractivity contribution >= 4 is 22.5 Å². The molecule has 0 fully saturated rings. The predicted octanol–water partition coefficient (Wildman–Crippen LogP) is 2.26. The minimum absolute atomic E-state index is 0.00372. The van der Waals surface area contributed by atoms with Gasteiger partial charge in [-0.25, -0.2) is 4.98 Å². The Morgan fingerprint density at radius 2 is 2.15 bits per heavy atom. The fraction of sp³-hybridized carbons (Fsp3) is 0.333. The van der Waals surface area contributed by atoms with E-state index in [0.717, 1.165) is 0 Å². The first kappa shape index (κ1) is 14.2. The number of rotatable bonds is 3. The van der Waals surface area contributed by atoms with E-state index in [-0.39, 0.29) is 5.95 Å². The Morgan fingerprint density at radius 1 is 1.45 bits per heavy atom. The fourth-order valence-corrected chi connectivity index (χ4v) is 1.86. The van der Waals surface area contributed by atoms with E-state index in [4.69, 9.17) is 5.73 Å². The van der Waals surface area contributed by atoms with Crippen LogP contribution in [0.25, 0.3) is 10.9 Å². The summed E-state index contributed by atoms with van der Waals surface area (Å²) >= 11 is 0. The van der Waals surface area contributed by atoms with Gasteiger partial charge >= 0.3 is 6.18 Å². The maximum atomic E-state index is 12.2. The zero-order valence-electron chi connectivity index (χ0n) is 10.6. The normalized spacial score (nSPS) is 13.4. The third-order valence-corrected chi connectivity index (χ3v) is 2.65. The maximum Gasteiger partial charge on any atom is 0.391 e. The van der Waals surface area contributed by atoms with Gasteiger partial charge < -0.3 is 11.1 Å². The number of nitrogen functional groups attached to an aromatic ring is 1. The molecule has 0 aliphatic rings. The number of aromatic nitrogens is 2. The molecular weight excluding hydrogens is 273 g/mol. The summed E-state index contributed by atoms with van der Waals surface area (Å²) in [6.07, 6.45) is -5.30. The molecule has 0 saturated carbocycles. The Morgan fingerprint density at radius 3 is 2.80 bits per heavy atom. The number of hydrogen-bond donors (Lipinski definition) is 3. The lowest BCUT2D eigenvalue weighted by Crippen LogP contribution is -2.26. The summed E-state index contributed by atoms with van der Waals surface area (Å²) in [5, 5.41) is 2.82. The number of fused-ring (bicyclic) bond motifs is 1. The average Bonchev–Trinajstić information content (AvgIpc) is 2.27. The van der Waals surface area contributed by atoms with Gasteiger partial charge in [0.25, 0.3) is 5.56 Å². The Bertz CT molecular complexity index is 680. The van der Waals surface area contributed by atoms with Crippen molar-refractivity contribution in [3.05, 3.63) is 28.6 Å². The van der Waals surface area contributed by atoms with Crippen LogP contribution < -0.4 is 16.6 Å². The van der Waals surface area contributed by atoms with Crippen LogP contribution in [-0.2, 0) is 0 Å². The molecule has 1 aromatic heterocycles. The largest absolute Gasteiger partial charge is 0.399 e. The van der Waals surface area contributed by atoms with Gasteiger partial charge in [-0.05, 0) is 25.1 Å². The van der Waals surface area contributed by atoms with Crippen LogP contribution in [0.5, 0.6) is 0 Å². The topological polar surface area (TPSA) is 83.8 Å². The van der Waals surface area contributed by atoms with Gasteiger partial charge in [-0.2, -0.15) is 13.2 Å². The molecule has 2 rings (SSSR count). The highest BCUT2D eigenvalue weighted by molar-refractivity contribution is 5.81. The standard InChI is InChI=1S/C12H13F3N4O/c1-6(5-12(13,14)15)17-11-18-9-3-2-7(16)4-8(9)10(20)19-11/h2-4,6H,5,16H2,1H3,(H2,17,18,19,20). The highest BCUT2D eigenvalue weighted by atomic mass is 19.4. The first-order valence-electron chi connectivity index (χ1n) is 5.87. The van der Waals surface area contributed by atoms with Crippen molar-refractivity contribution in [2.24, 2.45) is 0 Å². The van der Waals surface area contributed by atoms with Crippen LogP contribution in [0.2, 0.25) is 0 Å². The molecule has 0 bridgehead atoms. The van der Waals surface area contributed by atoms with Crippen LogP contribution in [0, 0.1) is 0 Å². The van der Waals surface area contributed by atoms with E-state index < -0.39 is 24.2 Å². The van der Waals surface area contributed by atoms with Crippen LogP contribution in [0.15, 0.2) is 23.0 Å². The van der Waals surface area contributed by atoms with Crippen LogP contribution in [-0.4, -0.2) is 22.2 Å². The SMILES string of the molecule is CC(CC(F)(F)F)Nc1nc2ccc(N)cc2c(=O)[nH]1. The zero-order chi connectivity index (χ0) is 14.9. The van der Waals surface area contributed by atoms with E-state index in [2.05, 4.69) is 15.3 Å². The predicted molar refractivity (Wildman–Crippen MR) is 70.5 cm³/mol. The molecule has 0 amide bonds. The molecule has 1 atom stereocenters. The molecule has 0 aliphatic carbocycles. The average molecular weight is 286 g/mol. The Kier molecular flexibility index (Phi) is 3.56. The minimum Gasteiger partial charge on any atom is -0.399 e. The molecule has 8 heteroatoms. The number of aromatic amines is 1. The van der Waals surface area contributed by atoms with E-state index >= 15 is 0 Å². The van der Waals surface area contributed by atoms with Crippen molar-refractivity contribution in [1.82, 2.24) is 9.97 Å². The van der Waals surface area contributed by atoms with Crippen molar-refractivity contribution in [1.29, 1.82) is 0 Å². The minimum atomic E-state index is -4.28. The molecule has 4 N–H and O–H groups in total. The van der Waals surface area contributed by atoms with E-state index in [1.807, 2.05) is 0 Å². The highest BCUT2D eigenvalue weighted by Crippen LogP contribution is 2.22. The number of nitrogens with zero attached hydrogens (tertiary/aromatic N) is 1. The molecule has 20 heavy (non-hydrogen) atoms. The van der Waals surface area contributed by atoms with Gasteiger partial charge in [-0.15, -0.1) is 0 Å². The maximum absolute atomic E-state index is 12.2. The second-order valence-electron chi connectivity index (χ2n) is 4.56. The number of nitrogens with two attached hydrogens (primary N) is 1. The molecule has 5 nitrogen and oxygen atoms in total. The Labute approximate surface area is 112 Å². The van der Waals surface area contributed by atoms with Crippen LogP contribution in [0.3, 0.4) is 0 Å². The van der Waals surface area contributed by atoms with E-state index in [1.54, 1.807) is 12.1 Å². The second-order valence-corrected chi connectivity index (χ2v) is 4.56. The number of benzene rings is 1. The molecule has 0 radical (unpaired) electrons. The third kappa shape index (κ3) is 3.40. The summed E-state index contributed by atoms with van der Waals surface area (Å²) in [5.74, 6) is 0.00372. The lowest BCUT2D eigenvalue weighted by atomic mass is 10.2. The monoisotopic (exact) mass is 286 g/mol. The number of halogens is 3. The summed E-state index contributed by atoms with van der Waals surface area (Å²) in [5.41, 5.74) is 5.88. The first-order chi connectivity index (χ1) is 9.24. The fourth-order valence-electron chi connectivity index (χ4n) is 1.86. The van der Waals surface area contributed by atoms with Crippen molar-refractivity contribution in [3.63, 3.8) is 0 Å². The van der Waals surface area contributed by atoms with Crippen LogP contribution in [0.4, 0.5) is 24.8 Å². The molecular formula is C12H13F3N4O. The molecule has 2 aromatic rings. The second kappa shape index (κ2) is 5.03. The van der Waals surface area contributed by atoms with E-state index in [0.29, 0.717) is 16.6 Å². The van der Waals surface area contributed by atoms with Gasteiger partial charge in [-0.1, -0.05) is 0 Å². The summed E-state index contributed by atoms with van der Waals surface area (Å²) in [4.78, 5) is 18.3. The lowest BCUT2D eigenvalue weighted by molar-refractivity contribution is -0.136. The number of nitrogens with one attached hydrogen (secondary N) is 2. The number of alkyl halides is 3. The van der Waals surface area contributed by atoms with Crippen molar-refractivity contribution in [2.45, 2.75) is 25.6 Å². The Balaban J connectivity index is 2.28. The Hall–Kier alpha value is -2.25. The summed E-state index contributed by atoms with van der Waals surface area (Å²) in [6, 6.07) is 3.67. The number of hydrogen-bond acceptors (Lipinski definition) is 4. The molecule has 1 unspecified atom stereocenters. The van der Waals surface area contributed by atoms with Gasteiger partial charge in [0.2, 0.25) is 5.95 Å². The van der Waals surface area contributed by atoms with E-state index in [1.165, 1.54) is 13.0 Å².